The van der Waals surface area contributed by atoms with Crippen molar-refractivity contribution < 1.29 is 39.1 Å². The maximum absolute atomic E-state index is 12.9. The van der Waals surface area contributed by atoms with Gasteiger partial charge in [0.25, 0.3) is 0 Å². The number of epoxide rings is 1. The first kappa shape index (κ1) is 35.2. The molecule has 2 fully saturated rings. The van der Waals surface area contributed by atoms with Crippen molar-refractivity contribution >= 4 is 12.1 Å². The fourth-order valence-corrected chi connectivity index (χ4v) is 5.84. The van der Waals surface area contributed by atoms with Gasteiger partial charge in [-0.2, -0.15) is 0 Å². The highest BCUT2D eigenvalue weighted by Crippen LogP contribution is 2.37. The standard InChI is InChI=1S/C33H54N2O8/c1-7-26(37)24(5)31-28(41-31)20-33(6,40)14-8-9-22(3)30-23(4)11-13-27(42-32(39)35-17-15-34-16-18-35)21(2)10-12-25(36)19-29(38)43-30/h8-9,11,13-14,21,23-28,30-31,34,36-37,40H,7,10,12,15-20H2,1-6H3/b13-11+,14-8+,22-9+/t21-,23-,24+,25+,26-,27-,28+,30+,31+,33-/m0/s1. The lowest BCUT2D eigenvalue weighted by atomic mass is 9.91. The molecular weight excluding hydrogens is 552 g/mol. The molecule has 1 amide bonds. The van der Waals surface area contributed by atoms with Crippen LogP contribution in [-0.4, -0.2) is 101 Å². The number of hydrogen-bond acceptors (Lipinski definition) is 9. The summed E-state index contributed by atoms with van der Waals surface area (Å²) < 4.78 is 17.5. The zero-order valence-electron chi connectivity index (χ0n) is 26.8. The van der Waals surface area contributed by atoms with Crippen molar-refractivity contribution in [2.24, 2.45) is 17.8 Å². The van der Waals surface area contributed by atoms with Crippen molar-refractivity contribution in [2.45, 2.75) is 116 Å². The Bertz CT molecular complexity index is 1000. The fraction of sp³-hybridized carbons (Fsp3) is 0.758. The lowest BCUT2D eigenvalue weighted by Crippen LogP contribution is -2.47. The number of ether oxygens (including phenoxy) is 3. The Balaban J connectivity index is 1.70. The lowest BCUT2D eigenvalue weighted by molar-refractivity contribution is -0.151. The van der Waals surface area contributed by atoms with Crippen LogP contribution in [0.3, 0.4) is 0 Å². The Kier molecular flexibility index (Phi) is 13.3. The van der Waals surface area contributed by atoms with E-state index < -0.39 is 36.0 Å². The molecule has 10 heteroatoms. The van der Waals surface area contributed by atoms with Gasteiger partial charge < -0.3 is 39.7 Å². The smallest absolute Gasteiger partial charge is 0.410 e. The van der Waals surface area contributed by atoms with E-state index in [4.69, 9.17) is 14.2 Å². The molecule has 0 aromatic carbocycles. The normalized spacial score (nSPS) is 34.7. The van der Waals surface area contributed by atoms with E-state index in [0.717, 1.165) is 18.7 Å². The van der Waals surface area contributed by atoms with E-state index in [1.165, 1.54) is 0 Å². The first-order valence-electron chi connectivity index (χ1n) is 15.9. The summed E-state index contributed by atoms with van der Waals surface area (Å²) in [6.07, 6.45) is 8.11. The molecule has 0 spiro atoms. The van der Waals surface area contributed by atoms with Crippen molar-refractivity contribution in [3.8, 4) is 0 Å². The second-order valence-electron chi connectivity index (χ2n) is 13.0. The Morgan fingerprint density at radius 3 is 2.63 bits per heavy atom. The van der Waals surface area contributed by atoms with Crippen LogP contribution in [0.15, 0.2) is 36.0 Å². The number of allylic oxidation sites excluding steroid dienone is 2. The maximum Gasteiger partial charge on any atom is 0.410 e. The molecular formula is C33H54N2O8. The molecule has 2 saturated heterocycles. The average molecular weight is 607 g/mol. The van der Waals surface area contributed by atoms with E-state index in [1.54, 1.807) is 24.0 Å². The number of amides is 1. The molecule has 244 valence electrons. The van der Waals surface area contributed by atoms with Gasteiger partial charge in [0.2, 0.25) is 0 Å². The number of piperazine rings is 1. The molecule has 0 unspecified atom stereocenters. The van der Waals surface area contributed by atoms with Crippen molar-refractivity contribution in [3.05, 3.63) is 36.0 Å². The van der Waals surface area contributed by atoms with Gasteiger partial charge in [-0.3, -0.25) is 4.79 Å². The van der Waals surface area contributed by atoms with Gasteiger partial charge in [-0.05, 0) is 50.7 Å². The van der Waals surface area contributed by atoms with Crippen LogP contribution in [0, 0.1) is 17.8 Å². The Hall–Kier alpha value is -2.24. The molecule has 4 N–H and O–H groups in total. The monoisotopic (exact) mass is 606 g/mol. The van der Waals surface area contributed by atoms with Crippen LogP contribution in [-0.2, 0) is 19.0 Å². The topological polar surface area (TPSA) is 141 Å². The predicted molar refractivity (Wildman–Crippen MR) is 164 cm³/mol. The maximum atomic E-state index is 12.9. The molecule has 0 aliphatic carbocycles. The van der Waals surface area contributed by atoms with Gasteiger partial charge in [0.05, 0.1) is 36.4 Å². The molecule has 0 saturated carbocycles. The summed E-state index contributed by atoms with van der Waals surface area (Å²) >= 11 is 0. The highest BCUT2D eigenvalue weighted by Gasteiger charge is 2.47. The first-order chi connectivity index (χ1) is 20.3. The number of cyclic esters (lactones) is 1. The summed E-state index contributed by atoms with van der Waals surface area (Å²) in [4.78, 5) is 27.3. The number of carbonyl (C=O) groups is 2. The van der Waals surface area contributed by atoms with Gasteiger partial charge in [-0.1, -0.05) is 52.0 Å². The van der Waals surface area contributed by atoms with Gasteiger partial charge in [0, 0.05) is 44.4 Å². The number of rotatable bonds is 9. The first-order valence-corrected chi connectivity index (χ1v) is 15.9. The fourth-order valence-electron chi connectivity index (χ4n) is 5.84. The molecule has 10 atom stereocenters. The molecule has 3 heterocycles. The van der Waals surface area contributed by atoms with E-state index in [2.05, 4.69) is 5.32 Å². The molecule has 43 heavy (non-hydrogen) atoms. The molecule has 0 aromatic rings. The van der Waals surface area contributed by atoms with E-state index in [-0.39, 0.29) is 42.5 Å². The van der Waals surface area contributed by atoms with E-state index in [9.17, 15) is 24.9 Å². The summed E-state index contributed by atoms with van der Waals surface area (Å²) in [6, 6.07) is 0. The van der Waals surface area contributed by atoms with Crippen molar-refractivity contribution in [1.82, 2.24) is 10.2 Å². The third-order valence-electron chi connectivity index (χ3n) is 8.91. The minimum absolute atomic E-state index is 0.00827. The van der Waals surface area contributed by atoms with Crippen molar-refractivity contribution in [2.75, 3.05) is 26.2 Å². The van der Waals surface area contributed by atoms with Gasteiger partial charge in [0.1, 0.15) is 12.2 Å². The van der Waals surface area contributed by atoms with E-state index >= 15 is 0 Å². The number of aliphatic hydroxyl groups is 3. The lowest BCUT2D eigenvalue weighted by Gasteiger charge is -2.31. The molecule has 0 bridgehead atoms. The average Bonchev–Trinajstić information content (AvgIpc) is 3.73. The van der Waals surface area contributed by atoms with Crippen LogP contribution in [0.25, 0.3) is 0 Å². The molecule has 0 radical (unpaired) electrons. The van der Waals surface area contributed by atoms with Crippen molar-refractivity contribution in [3.63, 3.8) is 0 Å². The highest BCUT2D eigenvalue weighted by atomic mass is 16.6. The van der Waals surface area contributed by atoms with E-state index in [0.29, 0.717) is 38.8 Å². The summed E-state index contributed by atoms with van der Waals surface area (Å²) in [5.41, 5.74) is -0.351. The minimum atomic E-state index is -1.12. The second-order valence-corrected chi connectivity index (χ2v) is 13.0. The van der Waals surface area contributed by atoms with Crippen LogP contribution in [0.4, 0.5) is 4.79 Å². The summed E-state index contributed by atoms with van der Waals surface area (Å²) in [5, 5.41) is 34.8. The van der Waals surface area contributed by atoms with Crippen LogP contribution in [0.2, 0.25) is 0 Å². The van der Waals surface area contributed by atoms with Crippen molar-refractivity contribution in [1.29, 1.82) is 0 Å². The number of carbonyl (C=O) groups excluding carboxylic acids is 2. The van der Waals surface area contributed by atoms with Crippen LogP contribution in [0.5, 0.6) is 0 Å². The number of hydrogen-bond donors (Lipinski definition) is 4. The van der Waals surface area contributed by atoms with Gasteiger partial charge in [-0.25, -0.2) is 4.79 Å². The number of aliphatic hydroxyl groups excluding tert-OH is 2. The highest BCUT2D eigenvalue weighted by molar-refractivity contribution is 5.70. The summed E-state index contributed by atoms with van der Waals surface area (Å²) in [7, 11) is 0. The van der Waals surface area contributed by atoms with Crippen LogP contribution >= 0.6 is 0 Å². The van der Waals surface area contributed by atoms with Gasteiger partial charge >= 0.3 is 12.1 Å². The van der Waals surface area contributed by atoms with Crippen LogP contribution in [0.1, 0.15) is 73.6 Å². The third kappa shape index (κ3) is 11.0. The predicted octanol–water partition coefficient (Wildman–Crippen LogP) is 3.50. The Morgan fingerprint density at radius 1 is 1.26 bits per heavy atom. The SMILES string of the molecule is CC[C@H](O)[C@@H](C)[C@H]1O[C@@H]1C[C@@](C)(O)/C=C/C=C(\C)[C@H]1OC(=O)C[C@H](O)CC[C@H](C)[C@@H](OC(=O)N2CCNCC2)/C=C/[C@@H]1C. The molecule has 10 nitrogen and oxygen atoms in total. The quantitative estimate of drug-likeness (QED) is 0.134. The van der Waals surface area contributed by atoms with Gasteiger partial charge in [0.15, 0.2) is 0 Å². The van der Waals surface area contributed by atoms with Crippen LogP contribution < -0.4 is 5.32 Å². The molecule has 3 aliphatic rings. The largest absolute Gasteiger partial charge is 0.457 e. The molecule has 3 aliphatic heterocycles. The number of nitrogens with zero attached hydrogens (tertiary/aromatic N) is 1. The molecule has 3 rings (SSSR count). The van der Waals surface area contributed by atoms with Gasteiger partial charge in [-0.15, -0.1) is 0 Å². The number of nitrogens with one attached hydrogen (secondary N) is 1. The van der Waals surface area contributed by atoms with E-state index in [1.807, 2.05) is 52.8 Å². The Morgan fingerprint density at radius 2 is 1.95 bits per heavy atom. The zero-order valence-corrected chi connectivity index (χ0v) is 26.8. The second kappa shape index (κ2) is 16.2. The minimum Gasteiger partial charge on any atom is -0.457 e. The number of esters is 1. The molecule has 0 aromatic heterocycles. The zero-order chi connectivity index (χ0) is 31.7. The summed E-state index contributed by atoms with van der Waals surface area (Å²) in [6.45, 7) is 14.1. The third-order valence-corrected chi connectivity index (χ3v) is 8.91. The Labute approximate surface area is 257 Å². The summed E-state index contributed by atoms with van der Waals surface area (Å²) in [5.74, 6) is -0.764.